The zero-order chi connectivity index (χ0) is 19.5. The Balaban J connectivity index is 1.45. The number of methoxy groups -OCH3 is 1. The first kappa shape index (κ1) is 18.9. The fourth-order valence-corrected chi connectivity index (χ4v) is 4.31. The predicted molar refractivity (Wildman–Crippen MR) is 109 cm³/mol. The van der Waals surface area contributed by atoms with Gasteiger partial charge in [0.05, 0.1) is 30.4 Å². The van der Waals surface area contributed by atoms with Crippen molar-refractivity contribution in [2.45, 2.75) is 32.2 Å². The van der Waals surface area contributed by atoms with Crippen LogP contribution in [0.5, 0.6) is 0 Å². The van der Waals surface area contributed by atoms with E-state index in [-0.39, 0.29) is 11.5 Å². The molecule has 2 heterocycles. The fourth-order valence-electron chi connectivity index (χ4n) is 4.31. The lowest BCUT2D eigenvalue weighted by Crippen LogP contribution is -2.50. The molecule has 0 bridgehead atoms. The maximum atomic E-state index is 12.6. The standard InChI is InChI=1S/C21H28N4O3/c1-28-13-12-25-15-22-19-14-17(6-7-18(19)21(25)27)23-8-10-24(11-9-23)20(26)16-4-2-3-5-16/h6-7,14-16H,2-5,8-13H2,1H3. The number of carbonyl (C=O) groups excluding carboxylic acids is 1. The topological polar surface area (TPSA) is 67.7 Å². The zero-order valence-corrected chi connectivity index (χ0v) is 16.5. The molecule has 150 valence electrons. The lowest BCUT2D eigenvalue weighted by atomic mass is 10.1. The third-order valence-electron chi connectivity index (χ3n) is 6.01. The molecular weight excluding hydrogens is 356 g/mol. The van der Waals surface area contributed by atoms with Crippen molar-refractivity contribution >= 4 is 22.5 Å². The van der Waals surface area contributed by atoms with Crippen LogP contribution in [-0.2, 0) is 16.1 Å². The number of hydrogen-bond acceptors (Lipinski definition) is 5. The van der Waals surface area contributed by atoms with E-state index in [1.807, 2.05) is 23.1 Å². The number of rotatable bonds is 5. The monoisotopic (exact) mass is 384 g/mol. The minimum atomic E-state index is -0.0411. The number of anilines is 1. The SMILES string of the molecule is COCCn1cnc2cc(N3CCN(C(=O)C4CCCC4)CC3)ccc2c1=O. The van der Waals surface area contributed by atoms with Crippen LogP contribution in [0.25, 0.3) is 10.9 Å². The quantitative estimate of drug-likeness (QED) is 0.787. The normalized spacial score (nSPS) is 18.2. The van der Waals surface area contributed by atoms with E-state index in [2.05, 4.69) is 9.88 Å². The maximum absolute atomic E-state index is 12.6. The van der Waals surface area contributed by atoms with Crippen molar-refractivity contribution in [2.75, 3.05) is 44.8 Å². The van der Waals surface area contributed by atoms with Crippen LogP contribution in [0.1, 0.15) is 25.7 Å². The zero-order valence-electron chi connectivity index (χ0n) is 16.5. The summed E-state index contributed by atoms with van der Waals surface area (Å²) in [5, 5.41) is 0.623. The Morgan fingerprint density at radius 3 is 2.64 bits per heavy atom. The van der Waals surface area contributed by atoms with E-state index in [1.165, 1.54) is 12.8 Å². The van der Waals surface area contributed by atoms with Gasteiger partial charge < -0.3 is 14.5 Å². The van der Waals surface area contributed by atoms with Gasteiger partial charge in [0.15, 0.2) is 0 Å². The fraction of sp³-hybridized carbons (Fsp3) is 0.571. The van der Waals surface area contributed by atoms with E-state index in [4.69, 9.17) is 4.74 Å². The number of aromatic nitrogens is 2. The second-order valence-corrected chi connectivity index (χ2v) is 7.73. The Labute approximate surface area is 164 Å². The summed E-state index contributed by atoms with van der Waals surface area (Å²) >= 11 is 0. The summed E-state index contributed by atoms with van der Waals surface area (Å²) in [7, 11) is 1.62. The van der Waals surface area contributed by atoms with Gasteiger partial charge in [-0.3, -0.25) is 14.2 Å². The van der Waals surface area contributed by atoms with Crippen LogP contribution in [0.4, 0.5) is 5.69 Å². The number of benzene rings is 1. The van der Waals surface area contributed by atoms with Gasteiger partial charge in [-0.05, 0) is 31.0 Å². The van der Waals surface area contributed by atoms with Crippen LogP contribution in [0, 0.1) is 5.92 Å². The van der Waals surface area contributed by atoms with Crippen LogP contribution < -0.4 is 10.5 Å². The molecule has 2 aromatic rings. The highest BCUT2D eigenvalue weighted by Gasteiger charge is 2.29. The van der Waals surface area contributed by atoms with Gasteiger partial charge in [-0.1, -0.05) is 12.8 Å². The van der Waals surface area contributed by atoms with Gasteiger partial charge in [0.1, 0.15) is 0 Å². The number of piperazine rings is 1. The van der Waals surface area contributed by atoms with E-state index in [0.717, 1.165) is 44.7 Å². The number of hydrogen-bond donors (Lipinski definition) is 0. The van der Waals surface area contributed by atoms with Crippen molar-refractivity contribution in [3.05, 3.63) is 34.9 Å². The number of nitrogens with zero attached hydrogens (tertiary/aromatic N) is 4. The molecule has 0 atom stereocenters. The first-order valence-corrected chi connectivity index (χ1v) is 10.2. The minimum Gasteiger partial charge on any atom is -0.383 e. The number of amides is 1. The summed E-state index contributed by atoms with van der Waals surface area (Å²) in [6.07, 6.45) is 6.07. The van der Waals surface area contributed by atoms with Gasteiger partial charge in [0.2, 0.25) is 5.91 Å². The first-order chi connectivity index (χ1) is 13.7. The van der Waals surface area contributed by atoms with Crippen LogP contribution in [-0.4, -0.2) is 60.3 Å². The lowest BCUT2D eigenvalue weighted by Gasteiger charge is -2.37. The Bertz CT molecular complexity index is 896. The Morgan fingerprint density at radius 1 is 1.18 bits per heavy atom. The molecule has 7 nitrogen and oxygen atoms in total. The Hall–Kier alpha value is -2.41. The van der Waals surface area contributed by atoms with Crippen LogP contribution >= 0.6 is 0 Å². The molecule has 28 heavy (non-hydrogen) atoms. The van der Waals surface area contributed by atoms with Crippen molar-refractivity contribution in [1.82, 2.24) is 14.5 Å². The summed E-state index contributed by atoms with van der Waals surface area (Å²) in [5.41, 5.74) is 1.73. The molecule has 1 saturated carbocycles. The van der Waals surface area contributed by atoms with Gasteiger partial charge in [-0.25, -0.2) is 4.98 Å². The molecule has 1 aliphatic heterocycles. The van der Waals surface area contributed by atoms with Crippen molar-refractivity contribution in [3.8, 4) is 0 Å². The predicted octanol–water partition coefficient (Wildman–Crippen LogP) is 1.88. The van der Waals surface area contributed by atoms with Gasteiger partial charge in [0, 0.05) is 44.9 Å². The van der Waals surface area contributed by atoms with E-state index in [1.54, 1.807) is 18.0 Å². The van der Waals surface area contributed by atoms with Crippen molar-refractivity contribution in [3.63, 3.8) is 0 Å². The van der Waals surface area contributed by atoms with Gasteiger partial charge >= 0.3 is 0 Å². The summed E-state index contributed by atoms with van der Waals surface area (Å²) in [4.78, 5) is 34.0. The highest BCUT2D eigenvalue weighted by molar-refractivity contribution is 5.82. The van der Waals surface area contributed by atoms with Crippen LogP contribution in [0.15, 0.2) is 29.3 Å². The lowest BCUT2D eigenvalue weighted by molar-refractivity contribution is -0.135. The highest BCUT2D eigenvalue weighted by Crippen LogP contribution is 2.27. The molecule has 7 heteroatoms. The van der Waals surface area contributed by atoms with Gasteiger partial charge in [-0.2, -0.15) is 0 Å². The van der Waals surface area contributed by atoms with E-state index < -0.39 is 0 Å². The Morgan fingerprint density at radius 2 is 1.93 bits per heavy atom. The number of fused-ring (bicyclic) bond motifs is 1. The van der Waals surface area contributed by atoms with Crippen molar-refractivity contribution < 1.29 is 9.53 Å². The number of carbonyl (C=O) groups is 1. The third kappa shape index (κ3) is 3.76. The summed E-state index contributed by atoms with van der Waals surface area (Å²) in [6.45, 7) is 4.13. The molecule has 1 saturated heterocycles. The summed E-state index contributed by atoms with van der Waals surface area (Å²) in [5.74, 6) is 0.589. The third-order valence-corrected chi connectivity index (χ3v) is 6.01. The van der Waals surface area contributed by atoms with E-state index in [9.17, 15) is 9.59 Å². The Kier molecular flexibility index (Phi) is 5.62. The molecule has 1 amide bonds. The molecule has 1 aromatic carbocycles. The second-order valence-electron chi connectivity index (χ2n) is 7.73. The molecule has 0 unspecified atom stereocenters. The molecule has 2 fully saturated rings. The highest BCUT2D eigenvalue weighted by atomic mass is 16.5. The van der Waals surface area contributed by atoms with E-state index >= 15 is 0 Å². The smallest absolute Gasteiger partial charge is 0.261 e. The molecule has 0 radical (unpaired) electrons. The summed E-state index contributed by atoms with van der Waals surface area (Å²) < 4.78 is 6.63. The molecule has 1 aromatic heterocycles. The number of ether oxygens (including phenoxy) is 1. The van der Waals surface area contributed by atoms with Crippen LogP contribution in [0.3, 0.4) is 0 Å². The second kappa shape index (κ2) is 8.31. The summed E-state index contributed by atoms with van der Waals surface area (Å²) in [6, 6.07) is 5.83. The average Bonchev–Trinajstić information content (AvgIpc) is 3.27. The van der Waals surface area contributed by atoms with Crippen molar-refractivity contribution in [1.29, 1.82) is 0 Å². The molecule has 1 aliphatic carbocycles. The van der Waals surface area contributed by atoms with Gasteiger partial charge in [0.25, 0.3) is 5.56 Å². The minimum absolute atomic E-state index is 0.0411. The van der Waals surface area contributed by atoms with Crippen molar-refractivity contribution in [2.24, 2.45) is 5.92 Å². The van der Waals surface area contributed by atoms with Crippen LogP contribution in [0.2, 0.25) is 0 Å². The van der Waals surface area contributed by atoms with Gasteiger partial charge in [-0.15, -0.1) is 0 Å². The first-order valence-electron chi connectivity index (χ1n) is 10.2. The average molecular weight is 384 g/mol. The molecule has 4 rings (SSSR count). The molecular formula is C21H28N4O3. The maximum Gasteiger partial charge on any atom is 0.261 e. The van der Waals surface area contributed by atoms with E-state index in [0.29, 0.717) is 30.0 Å². The molecule has 0 spiro atoms. The molecule has 0 N–H and O–H groups in total. The molecule has 2 aliphatic rings. The largest absolute Gasteiger partial charge is 0.383 e.